The van der Waals surface area contributed by atoms with Crippen LogP contribution in [0.25, 0.3) is 22.0 Å². The molecular weight excluding hydrogens is 522 g/mol. The van der Waals surface area contributed by atoms with Crippen LogP contribution in [0.4, 0.5) is 5.95 Å². The van der Waals surface area contributed by atoms with Crippen molar-refractivity contribution in [3.8, 4) is 11.3 Å². The maximum Gasteiger partial charge on any atom is 0.234 e. The van der Waals surface area contributed by atoms with Crippen LogP contribution >= 0.6 is 15.9 Å². The number of amides is 1. The van der Waals surface area contributed by atoms with Crippen LogP contribution in [0.15, 0.2) is 103 Å². The Balaban J connectivity index is 1.28. The lowest BCUT2D eigenvalue weighted by atomic mass is 9.47. The summed E-state index contributed by atoms with van der Waals surface area (Å²) in [5, 5.41) is 5.51. The van der Waals surface area contributed by atoms with Gasteiger partial charge in [-0.2, -0.15) is 0 Å². The molecule has 1 heterocycles. The number of hydrogen-bond acceptors (Lipinski definition) is 2. The van der Waals surface area contributed by atoms with Crippen molar-refractivity contribution in [1.29, 1.82) is 0 Å². The molecule has 0 saturated carbocycles. The van der Waals surface area contributed by atoms with Crippen molar-refractivity contribution in [3.63, 3.8) is 0 Å². The Labute approximate surface area is 224 Å². The highest BCUT2D eigenvalue weighted by atomic mass is 79.9. The van der Waals surface area contributed by atoms with Gasteiger partial charge in [0.15, 0.2) is 0 Å². The van der Waals surface area contributed by atoms with E-state index >= 15 is 0 Å². The van der Waals surface area contributed by atoms with Crippen LogP contribution in [-0.4, -0.2) is 15.9 Å². The number of aryl methyl sites for hydroxylation is 1. The van der Waals surface area contributed by atoms with Gasteiger partial charge in [-0.1, -0.05) is 107 Å². The quantitative estimate of drug-likeness (QED) is 0.261. The Kier molecular flexibility index (Phi) is 4.65. The van der Waals surface area contributed by atoms with Gasteiger partial charge in [0, 0.05) is 11.0 Å². The first-order chi connectivity index (χ1) is 17.9. The first kappa shape index (κ1) is 22.5. The Morgan fingerprint density at radius 3 is 2.59 bits per heavy atom. The summed E-state index contributed by atoms with van der Waals surface area (Å²) in [6.45, 7) is 4.20. The minimum Gasteiger partial charge on any atom is -0.324 e. The first-order valence-electron chi connectivity index (χ1n) is 12.6. The van der Waals surface area contributed by atoms with Crippen LogP contribution in [0.3, 0.4) is 0 Å². The summed E-state index contributed by atoms with van der Waals surface area (Å²) in [5.74, 6) is 0.405. The number of carbonyl (C=O) groups is 1. The largest absolute Gasteiger partial charge is 0.324 e. The van der Waals surface area contributed by atoms with Gasteiger partial charge in [0.25, 0.3) is 0 Å². The van der Waals surface area contributed by atoms with Gasteiger partial charge in [-0.25, -0.2) is 4.98 Å². The zero-order valence-corrected chi connectivity index (χ0v) is 22.3. The lowest BCUT2D eigenvalue weighted by Crippen LogP contribution is -2.59. The van der Waals surface area contributed by atoms with Crippen LogP contribution < -0.4 is 5.32 Å². The monoisotopic (exact) mass is 547 g/mol. The maximum atomic E-state index is 14.2. The van der Waals surface area contributed by atoms with Gasteiger partial charge < -0.3 is 4.98 Å². The molecule has 8 rings (SSSR count). The second-order valence-electron chi connectivity index (χ2n) is 10.6. The maximum absolute atomic E-state index is 14.2. The first-order valence-corrected chi connectivity index (χ1v) is 13.4. The Bertz CT molecular complexity index is 1710. The van der Waals surface area contributed by atoms with Gasteiger partial charge in [0.05, 0.1) is 21.6 Å². The van der Waals surface area contributed by atoms with Gasteiger partial charge in [-0.05, 0) is 53.3 Å². The number of nitrogens with one attached hydrogen (secondary N) is 2. The number of aromatic amines is 1. The second kappa shape index (κ2) is 7.65. The van der Waals surface area contributed by atoms with Crippen LogP contribution in [0, 0.1) is 12.3 Å². The average molecular weight is 548 g/mol. The highest BCUT2D eigenvalue weighted by molar-refractivity contribution is 9.09. The van der Waals surface area contributed by atoms with Gasteiger partial charge in [0.2, 0.25) is 11.9 Å². The van der Waals surface area contributed by atoms with E-state index in [0.717, 1.165) is 16.6 Å². The fraction of sp³-hybridized carbons (Fsp3) is 0.188. The number of allylic oxidation sites excluding steroid dienone is 6. The van der Waals surface area contributed by atoms with Crippen LogP contribution in [-0.2, 0) is 14.5 Å². The van der Waals surface area contributed by atoms with E-state index < -0.39 is 15.2 Å². The number of benzene rings is 3. The normalized spacial score (nSPS) is 27.1. The summed E-state index contributed by atoms with van der Waals surface area (Å²) in [5.41, 5.74) is 5.50. The van der Waals surface area contributed by atoms with Gasteiger partial charge in [0.1, 0.15) is 0 Å². The van der Waals surface area contributed by atoms with E-state index in [-0.39, 0.29) is 5.91 Å². The second-order valence-corrected chi connectivity index (χ2v) is 12.0. The molecular formula is C32H26BrN3O. The standard InChI is InChI=1S/C32H26BrN3O/c1-20-14-15-24(23-11-4-3-10-22(20)23)27-18-34-29(35-27)36-28(37)30(2)19-32(33)21-9-7-8-16-31(30,17-21)25-12-5-6-13-26(25)32/h3-18H,19H2,1-2H3,(H2,34,35,36,37). The summed E-state index contributed by atoms with van der Waals surface area (Å²) in [6, 6.07) is 21.1. The number of fused-ring (bicyclic) bond motifs is 2. The SMILES string of the molecule is Cc1ccc(-c2cnc(NC(=O)C3(C)CC4(Br)C5=CC3(C=CC=C5)c3ccccc34)[nH]2)c2ccccc12. The van der Waals surface area contributed by atoms with Crippen molar-refractivity contribution in [2.75, 3.05) is 5.32 Å². The molecule has 1 amide bonds. The number of halogens is 1. The average Bonchev–Trinajstić information content (AvgIpc) is 3.27. The highest BCUT2D eigenvalue weighted by Gasteiger charge is 2.64. The smallest absolute Gasteiger partial charge is 0.234 e. The molecule has 0 saturated heterocycles. The number of rotatable bonds is 3. The van der Waals surface area contributed by atoms with Gasteiger partial charge in [-0.3, -0.25) is 10.1 Å². The van der Waals surface area contributed by atoms with E-state index in [1.807, 2.05) is 6.07 Å². The molecule has 3 aromatic carbocycles. The van der Waals surface area contributed by atoms with Crippen molar-refractivity contribution in [2.24, 2.45) is 5.41 Å². The minimum atomic E-state index is -0.736. The zero-order valence-electron chi connectivity index (χ0n) is 20.7. The van der Waals surface area contributed by atoms with Crippen molar-refractivity contribution in [2.45, 2.75) is 30.0 Å². The molecule has 3 bridgehead atoms. The molecule has 182 valence electrons. The van der Waals surface area contributed by atoms with Crippen molar-refractivity contribution >= 4 is 38.6 Å². The minimum absolute atomic E-state index is 0.0534. The molecule has 3 atom stereocenters. The lowest BCUT2D eigenvalue weighted by molar-refractivity contribution is -0.128. The zero-order chi connectivity index (χ0) is 25.4. The predicted molar refractivity (Wildman–Crippen MR) is 153 cm³/mol. The molecule has 4 aliphatic rings. The Hall–Kier alpha value is -3.70. The Morgan fingerprint density at radius 2 is 1.76 bits per heavy atom. The van der Waals surface area contributed by atoms with Crippen LogP contribution in [0.2, 0.25) is 0 Å². The number of H-pyrrole nitrogens is 1. The van der Waals surface area contributed by atoms with Gasteiger partial charge in [-0.15, -0.1) is 0 Å². The van der Waals surface area contributed by atoms with Crippen molar-refractivity contribution < 1.29 is 4.79 Å². The molecule has 0 fully saturated rings. The molecule has 4 nitrogen and oxygen atoms in total. The molecule has 5 heteroatoms. The van der Waals surface area contributed by atoms with E-state index in [0.29, 0.717) is 12.4 Å². The number of carbonyl (C=O) groups excluding carboxylic acids is 1. The predicted octanol–water partition coefficient (Wildman–Crippen LogP) is 7.48. The van der Waals surface area contributed by atoms with E-state index in [4.69, 9.17) is 0 Å². The number of nitrogens with zero attached hydrogens (tertiary/aromatic N) is 1. The summed E-state index contributed by atoms with van der Waals surface area (Å²) < 4.78 is -0.422. The van der Waals surface area contributed by atoms with E-state index in [2.05, 4.69) is 130 Å². The Morgan fingerprint density at radius 1 is 1.00 bits per heavy atom. The topological polar surface area (TPSA) is 57.8 Å². The summed E-state index contributed by atoms with van der Waals surface area (Å²) in [4.78, 5) is 22.1. The van der Waals surface area contributed by atoms with E-state index in [9.17, 15) is 4.79 Å². The number of imidazole rings is 1. The third-order valence-corrected chi connectivity index (χ3v) is 9.80. The van der Waals surface area contributed by atoms with Crippen molar-refractivity contribution in [3.05, 3.63) is 120 Å². The highest BCUT2D eigenvalue weighted by Crippen LogP contribution is 2.67. The number of hydrogen-bond donors (Lipinski definition) is 2. The molecule has 3 unspecified atom stereocenters. The third kappa shape index (κ3) is 2.95. The molecule has 0 radical (unpaired) electrons. The summed E-state index contributed by atoms with van der Waals surface area (Å²) in [7, 11) is 0. The van der Waals surface area contributed by atoms with Crippen molar-refractivity contribution in [1.82, 2.24) is 9.97 Å². The molecule has 1 spiro atoms. The third-order valence-electron chi connectivity index (χ3n) is 8.64. The molecule has 0 aliphatic heterocycles. The van der Waals surface area contributed by atoms with Gasteiger partial charge >= 0.3 is 0 Å². The molecule has 1 aromatic heterocycles. The van der Waals surface area contributed by atoms with E-state index in [1.165, 1.54) is 27.6 Å². The number of alkyl halides is 1. The van der Waals surface area contributed by atoms with Crippen LogP contribution in [0.5, 0.6) is 0 Å². The fourth-order valence-corrected chi connectivity index (χ4v) is 7.81. The molecule has 37 heavy (non-hydrogen) atoms. The number of aromatic nitrogens is 2. The molecule has 4 aliphatic carbocycles. The van der Waals surface area contributed by atoms with Crippen LogP contribution in [0.1, 0.15) is 30.0 Å². The lowest BCUT2D eigenvalue weighted by Gasteiger charge is -2.58. The molecule has 2 N–H and O–H groups in total. The molecule has 4 aromatic rings. The fourth-order valence-electron chi connectivity index (χ4n) is 6.66. The van der Waals surface area contributed by atoms with E-state index in [1.54, 1.807) is 6.20 Å². The number of anilines is 1. The summed E-state index contributed by atoms with van der Waals surface area (Å²) in [6.07, 6.45) is 13.2. The summed E-state index contributed by atoms with van der Waals surface area (Å²) >= 11 is 4.09.